The number of nitro groups is 3. The zero-order valence-electron chi connectivity index (χ0n) is 15.4. The number of nitro benzene ring substituents is 3. The molecule has 0 unspecified atom stereocenters. The maximum Gasteiger partial charge on any atom is 0.279 e. The minimum atomic E-state index is -0.609. The van der Waals surface area contributed by atoms with Crippen molar-refractivity contribution >= 4 is 17.1 Å². The summed E-state index contributed by atoms with van der Waals surface area (Å²) in [7, 11) is 0. The Labute approximate surface area is 165 Å². The molecule has 11 nitrogen and oxygen atoms in total. The van der Waals surface area contributed by atoms with E-state index in [1.807, 2.05) is 6.07 Å². The fourth-order valence-corrected chi connectivity index (χ4v) is 3.53. The lowest BCUT2D eigenvalue weighted by Crippen LogP contribution is -2.24. The van der Waals surface area contributed by atoms with E-state index >= 15 is 0 Å². The van der Waals surface area contributed by atoms with E-state index < -0.39 is 9.85 Å². The minimum Gasteiger partial charge on any atom is -0.312 e. The van der Waals surface area contributed by atoms with Crippen molar-refractivity contribution in [3.8, 4) is 0 Å². The van der Waals surface area contributed by atoms with Crippen molar-refractivity contribution in [2.24, 2.45) is 0 Å². The van der Waals surface area contributed by atoms with Gasteiger partial charge in [0.1, 0.15) is 0 Å². The summed E-state index contributed by atoms with van der Waals surface area (Å²) in [6.07, 6.45) is 1.29. The van der Waals surface area contributed by atoms with Crippen LogP contribution in [0.3, 0.4) is 0 Å². The third-order valence-electron chi connectivity index (χ3n) is 4.89. The van der Waals surface area contributed by atoms with Gasteiger partial charge in [-0.05, 0) is 37.1 Å². The number of nitrogens with zero attached hydrogens (tertiary/aromatic N) is 3. The minimum absolute atomic E-state index is 0.147. The largest absolute Gasteiger partial charge is 0.312 e. The highest BCUT2D eigenvalue weighted by molar-refractivity contribution is 5.54. The van der Waals surface area contributed by atoms with Crippen LogP contribution in [0.2, 0.25) is 0 Å². The third-order valence-corrected chi connectivity index (χ3v) is 4.89. The Kier molecular flexibility index (Phi) is 6.10. The fraction of sp³-hybridized carbons (Fsp3) is 0.333. The van der Waals surface area contributed by atoms with E-state index in [0.717, 1.165) is 36.7 Å². The van der Waals surface area contributed by atoms with Gasteiger partial charge in [0, 0.05) is 36.3 Å². The van der Waals surface area contributed by atoms with Crippen molar-refractivity contribution in [3.63, 3.8) is 0 Å². The molecule has 0 atom stereocenters. The summed E-state index contributed by atoms with van der Waals surface area (Å²) in [5, 5.41) is 38.3. The fourth-order valence-electron chi connectivity index (χ4n) is 3.53. The number of fused-ring (bicyclic) bond motifs is 2. The Balaban J connectivity index is 0.000000169. The zero-order valence-corrected chi connectivity index (χ0v) is 15.4. The molecule has 0 amide bonds. The molecular weight excluding hydrogens is 382 g/mol. The van der Waals surface area contributed by atoms with Gasteiger partial charge in [-0.3, -0.25) is 30.3 Å². The first kappa shape index (κ1) is 20.3. The Morgan fingerprint density at radius 2 is 1.31 bits per heavy atom. The predicted octanol–water partition coefficient (Wildman–Crippen LogP) is 2.39. The van der Waals surface area contributed by atoms with Crippen molar-refractivity contribution in [2.45, 2.75) is 25.9 Å². The summed E-state index contributed by atoms with van der Waals surface area (Å²) < 4.78 is 0. The number of nitrogens with one attached hydrogen (secondary N) is 2. The average molecular weight is 401 g/mol. The van der Waals surface area contributed by atoms with E-state index in [0.29, 0.717) is 30.6 Å². The van der Waals surface area contributed by atoms with Gasteiger partial charge in [-0.15, -0.1) is 0 Å². The van der Waals surface area contributed by atoms with Gasteiger partial charge in [0.05, 0.1) is 20.8 Å². The highest BCUT2D eigenvalue weighted by atomic mass is 16.6. The van der Waals surface area contributed by atoms with Crippen LogP contribution in [0.5, 0.6) is 0 Å². The summed E-state index contributed by atoms with van der Waals surface area (Å²) >= 11 is 0. The molecule has 11 heteroatoms. The normalized spacial score (nSPS) is 14.6. The Hall–Kier alpha value is -3.44. The smallest absolute Gasteiger partial charge is 0.279 e. The van der Waals surface area contributed by atoms with E-state index in [1.165, 1.54) is 6.07 Å². The van der Waals surface area contributed by atoms with Crippen LogP contribution in [-0.2, 0) is 25.9 Å². The van der Waals surface area contributed by atoms with Crippen molar-refractivity contribution in [1.82, 2.24) is 10.6 Å². The second-order valence-electron chi connectivity index (χ2n) is 6.64. The van der Waals surface area contributed by atoms with Crippen molar-refractivity contribution in [2.75, 3.05) is 13.1 Å². The lowest BCUT2D eigenvalue weighted by molar-refractivity contribution is -0.394. The van der Waals surface area contributed by atoms with Crippen LogP contribution in [-0.4, -0.2) is 27.9 Å². The molecule has 0 radical (unpaired) electrons. The first-order valence-electron chi connectivity index (χ1n) is 8.99. The maximum absolute atomic E-state index is 10.8. The SMILES string of the molecule is O=[N+]([O-])c1cc2c(c([N+](=O)[O-])c1)CCNC2.O=[N+]([O-])c1cccc2c1CCNC2. The molecular formula is C18H19N5O6. The van der Waals surface area contributed by atoms with Crippen LogP contribution < -0.4 is 10.6 Å². The Morgan fingerprint density at radius 3 is 1.90 bits per heavy atom. The highest BCUT2D eigenvalue weighted by Crippen LogP contribution is 2.30. The second kappa shape index (κ2) is 8.71. The Bertz CT molecular complexity index is 977. The summed E-state index contributed by atoms with van der Waals surface area (Å²) in [5.41, 5.74) is 3.09. The first-order valence-corrected chi connectivity index (χ1v) is 8.99. The van der Waals surface area contributed by atoms with Gasteiger partial charge in [-0.1, -0.05) is 12.1 Å². The zero-order chi connectivity index (χ0) is 21.0. The van der Waals surface area contributed by atoms with E-state index in [-0.39, 0.29) is 22.0 Å². The monoisotopic (exact) mass is 401 g/mol. The summed E-state index contributed by atoms with van der Waals surface area (Å²) in [4.78, 5) is 30.6. The molecule has 2 aromatic carbocycles. The molecule has 152 valence electrons. The van der Waals surface area contributed by atoms with Gasteiger partial charge < -0.3 is 10.6 Å². The quantitative estimate of drug-likeness (QED) is 0.587. The molecule has 0 bridgehead atoms. The summed E-state index contributed by atoms with van der Waals surface area (Å²) in [6, 6.07) is 7.68. The molecule has 0 fully saturated rings. The molecule has 4 rings (SSSR count). The van der Waals surface area contributed by atoms with E-state index in [1.54, 1.807) is 12.1 Å². The topological polar surface area (TPSA) is 153 Å². The number of hydrogen-bond donors (Lipinski definition) is 2. The standard InChI is InChI=1S/C9H9N3O4.C9H10N2O2/c13-11(14)7-3-6-5-10-2-1-8(6)9(4-7)12(15)16;12-11(13)9-3-1-2-7-6-10-5-4-8(7)9/h3-4,10H,1-2,5H2;1-3,10H,4-6H2. The molecule has 2 aromatic rings. The molecule has 2 N–H and O–H groups in total. The molecule has 2 aliphatic rings. The van der Waals surface area contributed by atoms with Crippen LogP contribution in [0.1, 0.15) is 22.3 Å². The number of rotatable bonds is 3. The van der Waals surface area contributed by atoms with Crippen LogP contribution in [0, 0.1) is 30.3 Å². The van der Waals surface area contributed by atoms with Gasteiger partial charge in [0.2, 0.25) is 0 Å². The number of hydrogen-bond acceptors (Lipinski definition) is 8. The molecule has 0 aliphatic carbocycles. The number of benzene rings is 2. The summed E-state index contributed by atoms with van der Waals surface area (Å²) in [6.45, 7) is 2.68. The molecule has 29 heavy (non-hydrogen) atoms. The lowest BCUT2D eigenvalue weighted by Gasteiger charge is -2.16. The van der Waals surface area contributed by atoms with Gasteiger partial charge in [0.15, 0.2) is 0 Å². The van der Waals surface area contributed by atoms with Gasteiger partial charge >= 0.3 is 0 Å². The van der Waals surface area contributed by atoms with E-state index in [2.05, 4.69) is 10.6 Å². The van der Waals surface area contributed by atoms with Crippen LogP contribution in [0.15, 0.2) is 30.3 Å². The van der Waals surface area contributed by atoms with Gasteiger partial charge in [-0.25, -0.2) is 0 Å². The molecule has 0 aromatic heterocycles. The average Bonchev–Trinajstić information content (AvgIpc) is 2.72. The van der Waals surface area contributed by atoms with Gasteiger partial charge in [-0.2, -0.15) is 0 Å². The van der Waals surface area contributed by atoms with Crippen LogP contribution in [0.25, 0.3) is 0 Å². The highest BCUT2D eigenvalue weighted by Gasteiger charge is 2.25. The lowest BCUT2D eigenvalue weighted by atomic mass is 9.98. The molecule has 0 saturated heterocycles. The molecule has 2 heterocycles. The second-order valence-corrected chi connectivity index (χ2v) is 6.64. The van der Waals surface area contributed by atoms with Crippen molar-refractivity contribution in [3.05, 3.63) is 82.9 Å². The maximum atomic E-state index is 10.8. The van der Waals surface area contributed by atoms with Crippen molar-refractivity contribution < 1.29 is 14.8 Å². The van der Waals surface area contributed by atoms with Crippen LogP contribution >= 0.6 is 0 Å². The van der Waals surface area contributed by atoms with E-state index in [4.69, 9.17) is 0 Å². The predicted molar refractivity (Wildman–Crippen MR) is 104 cm³/mol. The third kappa shape index (κ3) is 4.52. The molecule has 2 aliphatic heterocycles. The van der Waals surface area contributed by atoms with Crippen molar-refractivity contribution in [1.29, 1.82) is 0 Å². The molecule has 0 saturated carbocycles. The number of non-ortho nitro benzene ring substituents is 1. The van der Waals surface area contributed by atoms with E-state index in [9.17, 15) is 30.3 Å². The first-order chi connectivity index (χ1) is 13.9. The molecule has 0 spiro atoms. The Morgan fingerprint density at radius 1 is 0.724 bits per heavy atom. The summed E-state index contributed by atoms with van der Waals surface area (Å²) in [5.74, 6) is 0. The van der Waals surface area contributed by atoms with Crippen LogP contribution in [0.4, 0.5) is 17.1 Å². The van der Waals surface area contributed by atoms with Gasteiger partial charge in [0.25, 0.3) is 17.1 Å².